The van der Waals surface area contributed by atoms with Gasteiger partial charge in [-0.1, -0.05) is 29.8 Å². The van der Waals surface area contributed by atoms with Crippen LogP contribution in [0.1, 0.15) is 34.8 Å². The lowest BCUT2D eigenvalue weighted by molar-refractivity contribution is -0.129. The Morgan fingerprint density at radius 1 is 1.07 bits per heavy atom. The van der Waals surface area contributed by atoms with Gasteiger partial charge in [-0.2, -0.15) is 0 Å². The molecule has 2 rings (SSSR count). The fraction of sp³-hybridized carbons (Fsp3) is 0.286. The summed E-state index contributed by atoms with van der Waals surface area (Å²) in [6, 6.07) is 14.4. The van der Waals surface area contributed by atoms with Gasteiger partial charge in [0.25, 0.3) is 0 Å². The zero-order valence-corrected chi connectivity index (χ0v) is 15.8. The molecule has 2 aromatic rings. The monoisotopic (exact) mass is 368 g/mol. The lowest BCUT2D eigenvalue weighted by Crippen LogP contribution is -2.31. The fourth-order valence-corrected chi connectivity index (χ4v) is 2.65. The summed E-state index contributed by atoms with van der Waals surface area (Å²) in [6.07, 6.45) is 0.185. The quantitative estimate of drug-likeness (QED) is 0.762. The minimum atomic E-state index is -0.430. The van der Waals surface area contributed by atoms with Crippen LogP contribution < -0.4 is 5.32 Å². The molecule has 0 unspecified atom stereocenters. The lowest BCUT2D eigenvalue weighted by atomic mass is 10.1. The second-order valence-corrected chi connectivity index (χ2v) is 6.30. The van der Waals surface area contributed by atoms with E-state index in [0.29, 0.717) is 24.3 Å². The summed E-state index contributed by atoms with van der Waals surface area (Å²) < 4.78 is 4.64. The zero-order chi connectivity index (χ0) is 19.8. The van der Waals surface area contributed by atoms with Gasteiger partial charge in [0.2, 0.25) is 11.8 Å². The van der Waals surface area contributed by atoms with Crippen LogP contribution in [0.25, 0.3) is 0 Å². The number of hydrogen-bond donors (Lipinski definition) is 1. The van der Waals surface area contributed by atoms with E-state index >= 15 is 0 Å². The smallest absolute Gasteiger partial charge is 0.337 e. The molecule has 27 heavy (non-hydrogen) atoms. The number of benzene rings is 2. The number of esters is 1. The predicted octanol–water partition coefficient (Wildman–Crippen LogP) is 3.16. The maximum Gasteiger partial charge on any atom is 0.337 e. The van der Waals surface area contributed by atoms with Crippen LogP contribution in [0.15, 0.2) is 48.5 Å². The molecule has 0 heterocycles. The van der Waals surface area contributed by atoms with Gasteiger partial charge in [0.1, 0.15) is 0 Å². The second-order valence-electron chi connectivity index (χ2n) is 6.30. The number of rotatable bonds is 7. The van der Waals surface area contributed by atoms with Crippen LogP contribution in [-0.2, 0) is 20.9 Å². The Balaban J connectivity index is 1.90. The molecule has 142 valence electrons. The molecular formula is C21H24N2O4. The minimum absolute atomic E-state index is 0.0771. The van der Waals surface area contributed by atoms with Crippen LogP contribution in [0.5, 0.6) is 0 Å². The number of carbonyl (C=O) groups excluding carboxylic acids is 3. The molecule has 6 nitrogen and oxygen atoms in total. The molecule has 0 atom stereocenters. The molecule has 2 aromatic carbocycles. The highest BCUT2D eigenvalue weighted by Gasteiger charge is 2.12. The molecule has 6 heteroatoms. The van der Waals surface area contributed by atoms with Crippen LogP contribution in [-0.4, -0.2) is 36.3 Å². The molecular weight excluding hydrogens is 344 g/mol. The van der Waals surface area contributed by atoms with Crippen molar-refractivity contribution in [3.8, 4) is 0 Å². The molecule has 0 aromatic heterocycles. The largest absolute Gasteiger partial charge is 0.465 e. The number of methoxy groups -OCH3 is 1. The van der Waals surface area contributed by atoms with Gasteiger partial charge < -0.3 is 15.0 Å². The van der Waals surface area contributed by atoms with E-state index < -0.39 is 5.97 Å². The summed E-state index contributed by atoms with van der Waals surface area (Å²) in [4.78, 5) is 37.1. The number of hydrogen-bond acceptors (Lipinski definition) is 4. The molecule has 0 aliphatic carbocycles. The first kappa shape index (κ1) is 20.2. The van der Waals surface area contributed by atoms with Gasteiger partial charge in [-0.05, 0) is 36.8 Å². The molecule has 0 bridgehead atoms. The number of anilines is 1. The number of nitrogens with zero attached hydrogens (tertiary/aromatic N) is 1. The molecule has 0 aliphatic heterocycles. The van der Waals surface area contributed by atoms with Crippen LogP contribution in [0.3, 0.4) is 0 Å². The van der Waals surface area contributed by atoms with Crippen molar-refractivity contribution in [2.24, 2.45) is 0 Å². The Hall–Kier alpha value is -3.15. The highest BCUT2D eigenvalue weighted by molar-refractivity contribution is 5.93. The van der Waals surface area contributed by atoms with Gasteiger partial charge in [-0.25, -0.2) is 4.79 Å². The normalized spacial score (nSPS) is 10.2. The topological polar surface area (TPSA) is 75.7 Å². The van der Waals surface area contributed by atoms with Gasteiger partial charge in [0, 0.05) is 32.1 Å². The van der Waals surface area contributed by atoms with E-state index in [0.717, 1.165) is 11.1 Å². The number of aryl methyl sites for hydroxylation is 1. The first-order chi connectivity index (χ1) is 12.9. The molecule has 0 aliphatic rings. The molecule has 0 fully saturated rings. The summed E-state index contributed by atoms with van der Waals surface area (Å²) >= 11 is 0. The molecule has 0 saturated heterocycles. The van der Waals surface area contributed by atoms with Gasteiger partial charge >= 0.3 is 5.97 Å². The first-order valence-corrected chi connectivity index (χ1v) is 8.68. The third-order valence-corrected chi connectivity index (χ3v) is 4.10. The summed E-state index contributed by atoms with van der Waals surface area (Å²) in [5.74, 6) is -0.704. The Labute approximate surface area is 159 Å². The van der Waals surface area contributed by atoms with Crippen molar-refractivity contribution >= 4 is 23.5 Å². The van der Waals surface area contributed by atoms with E-state index in [9.17, 15) is 14.4 Å². The standard InChI is InChI=1S/C21H24N2O4/c1-15-5-4-6-17(13-15)14-23(16(2)24)12-11-20(25)22-19-9-7-18(8-10-19)21(26)27-3/h4-10,13H,11-12,14H2,1-3H3,(H,22,25). The molecule has 0 radical (unpaired) electrons. The SMILES string of the molecule is COC(=O)c1ccc(NC(=O)CCN(Cc2cccc(C)c2)C(C)=O)cc1. The molecule has 1 N–H and O–H groups in total. The third kappa shape index (κ3) is 6.26. The number of ether oxygens (including phenoxy) is 1. The van der Waals surface area contributed by atoms with Gasteiger partial charge in [-0.15, -0.1) is 0 Å². The highest BCUT2D eigenvalue weighted by Crippen LogP contribution is 2.12. The predicted molar refractivity (Wildman–Crippen MR) is 103 cm³/mol. The number of carbonyl (C=O) groups is 3. The van der Waals surface area contributed by atoms with E-state index in [1.807, 2.05) is 31.2 Å². The minimum Gasteiger partial charge on any atom is -0.465 e. The third-order valence-electron chi connectivity index (χ3n) is 4.10. The van der Waals surface area contributed by atoms with Gasteiger partial charge in [-0.3, -0.25) is 9.59 Å². The van der Waals surface area contributed by atoms with E-state index in [2.05, 4.69) is 10.1 Å². The number of amides is 2. The van der Waals surface area contributed by atoms with E-state index in [1.165, 1.54) is 14.0 Å². The van der Waals surface area contributed by atoms with Crippen LogP contribution in [0.4, 0.5) is 5.69 Å². The van der Waals surface area contributed by atoms with Crippen molar-refractivity contribution in [1.29, 1.82) is 0 Å². The van der Waals surface area contributed by atoms with E-state index in [1.54, 1.807) is 29.2 Å². The lowest BCUT2D eigenvalue weighted by Gasteiger charge is -2.21. The van der Waals surface area contributed by atoms with Gasteiger partial charge in [0.05, 0.1) is 12.7 Å². The average Bonchev–Trinajstić information content (AvgIpc) is 2.65. The van der Waals surface area contributed by atoms with Crippen molar-refractivity contribution in [2.45, 2.75) is 26.8 Å². The van der Waals surface area contributed by atoms with Crippen molar-refractivity contribution in [3.05, 3.63) is 65.2 Å². The summed E-state index contributed by atoms with van der Waals surface area (Å²) in [5, 5.41) is 2.76. The zero-order valence-electron chi connectivity index (χ0n) is 15.8. The van der Waals surface area contributed by atoms with Crippen molar-refractivity contribution in [2.75, 3.05) is 19.0 Å². The van der Waals surface area contributed by atoms with Crippen molar-refractivity contribution in [1.82, 2.24) is 4.90 Å². The molecule has 2 amide bonds. The summed E-state index contributed by atoms with van der Waals surface area (Å²) in [5.41, 5.74) is 3.16. The first-order valence-electron chi connectivity index (χ1n) is 8.68. The Bertz CT molecular complexity index is 815. The molecule has 0 spiro atoms. The highest BCUT2D eigenvalue weighted by atomic mass is 16.5. The van der Waals surface area contributed by atoms with E-state index in [4.69, 9.17) is 0 Å². The average molecular weight is 368 g/mol. The van der Waals surface area contributed by atoms with Crippen LogP contribution in [0.2, 0.25) is 0 Å². The Morgan fingerprint density at radius 2 is 1.78 bits per heavy atom. The maximum atomic E-state index is 12.2. The van der Waals surface area contributed by atoms with E-state index in [-0.39, 0.29) is 18.2 Å². The Kier molecular flexibility index (Phi) is 7.11. The molecule has 0 saturated carbocycles. The van der Waals surface area contributed by atoms with Gasteiger partial charge in [0.15, 0.2) is 0 Å². The van der Waals surface area contributed by atoms with Crippen molar-refractivity contribution < 1.29 is 19.1 Å². The summed E-state index contributed by atoms with van der Waals surface area (Å²) in [7, 11) is 1.32. The Morgan fingerprint density at radius 3 is 2.37 bits per heavy atom. The second kappa shape index (κ2) is 9.52. The van der Waals surface area contributed by atoms with Crippen LogP contribution >= 0.6 is 0 Å². The van der Waals surface area contributed by atoms with Crippen LogP contribution in [0, 0.1) is 6.92 Å². The van der Waals surface area contributed by atoms with Crippen molar-refractivity contribution in [3.63, 3.8) is 0 Å². The number of nitrogens with one attached hydrogen (secondary N) is 1. The maximum absolute atomic E-state index is 12.2. The fourth-order valence-electron chi connectivity index (χ4n) is 2.65. The summed E-state index contributed by atoms with van der Waals surface area (Å²) in [6.45, 7) is 4.30.